The molecule has 0 N–H and O–H groups in total. The predicted octanol–water partition coefficient (Wildman–Crippen LogP) is 2.36. The van der Waals surface area contributed by atoms with Gasteiger partial charge in [0.25, 0.3) is 0 Å². The Morgan fingerprint density at radius 1 is 1.00 bits per heavy atom. The summed E-state index contributed by atoms with van der Waals surface area (Å²) >= 11 is 0. The lowest BCUT2D eigenvalue weighted by atomic mass is 9.91. The van der Waals surface area contributed by atoms with E-state index in [0.29, 0.717) is 5.89 Å². The summed E-state index contributed by atoms with van der Waals surface area (Å²) in [5, 5.41) is 4.02. The second-order valence-corrected chi connectivity index (χ2v) is 7.24. The van der Waals surface area contributed by atoms with Crippen LogP contribution >= 0.6 is 0 Å². The van der Waals surface area contributed by atoms with Gasteiger partial charge in [-0.2, -0.15) is 4.98 Å². The number of pyridine rings is 1. The summed E-state index contributed by atoms with van der Waals surface area (Å²) in [6.45, 7) is 7.94. The average molecular weight is 341 g/mol. The Hall–Kier alpha value is -1.79. The maximum atomic E-state index is 5.08. The van der Waals surface area contributed by atoms with Crippen LogP contribution < -0.4 is 0 Å². The lowest BCUT2D eigenvalue weighted by Crippen LogP contribution is -2.31. The van der Waals surface area contributed by atoms with Crippen LogP contribution in [0.5, 0.6) is 0 Å². The van der Waals surface area contributed by atoms with Gasteiger partial charge in [-0.25, -0.2) is 0 Å². The smallest absolute Gasteiger partial charge is 0.223 e. The standard InChI is InChI=1S/C19H27N5O/c1-15-21-19(22-25-15)14-24-10-4-9-23(11-12-24)13-18-17-6-3-2-5-16(17)7-8-20-18/h7-8H,2-6,9-14H2,1H3. The molecular weight excluding hydrogens is 314 g/mol. The fourth-order valence-electron chi connectivity index (χ4n) is 4.03. The van der Waals surface area contributed by atoms with Crippen molar-refractivity contribution in [2.75, 3.05) is 26.2 Å². The van der Waals surface area contributed by atoms with Crippen LogP contribution in [0.15, 0.2) is 16.8 Å². The van der Waals surface area contributed by atoms with Crippen LogP contribution in [-0.4, -0.2) is 51.1 Å². The molecule has 1 fully saturated rings. The van der Waals surface area contributed by atoms with Gasteiger partial charge in [0.05, 0.1) is 12.2 Å². The monoisotopic (exact) mass is 341 g/mol. The molecule has 1 saturated heterocycles. The highest BCUT2D eigenvalue weighted by atomic mass is 16.5. The molecule has 0 spiro atoms. The summed E-state index contributed by atoms with van der Waals surface area (Å²) in [5.74, 6) is 1.44. The van der Waals surface area contributed by atoms with E-state index in [4.69, 9.17) is 9.51 Å². The number of fused-ring (bicyclic) bond motifs is 1. The molecule has 25 heavy (non-hydrogen) atoms. The largest absolute Gasteiger partial charge is 0.340 e. The molecule has 0 bridgehead atoms. The SMILES string of the molecule is Cc1nc(CN2CCCN(Cc3nccc4c3CCCC4)CC2)no1. The third kappa shape index (κ3) is 4.07. The van der Waals surface area contributed by atoms with Crippen LogP contribution in [0.25, 0.3) is 0 Å². The van der Waals surface area contributed by atoms with Crippen molar-refractivity contribution in [3.8, 4) is 0 Å². The van der Waals surface area contributed by atoms with Gasteiger partial charge in [-0.15, -0.1) is 0 Å². The van der Waals surface area contributed by atoms with E-state index < -0.39 is 0 Å². The molecule has 0 saturated carbocycles. The highest BCUT2D eigenvalue weighted by Gasteiger charge is 2.20. The first-order valence-corrected chi connectivity index (χ1v) is 9.47. The van der Waals surface area contributed by atoms with Gasteiger partial charge >= 0.3 is 0 Å². The Morgan fingerprint density at radius 2 is 1.80 bits per heavy atom. The summed E-state index contributed by atoms with van der Waals surface area (Å²) in [5.41, 5.74) is 4.36. The van der Waals surface area contributed by atoms with Crippen molar-refractivity contribution in [1.82, 2.24) is 24.9 Å². The maximum absolute atomic E-state index is 5.08. The highest BCUT2D eigenvalue weighted by molar-refractivity contribution is 5.32. The highest BCUT2D eigenvalue weighted by Crippen LogP contribution is 2.24. The summed E-state index contributed by atoms with van der Waals surface area (Å²) in [6, 6.07) is 2.22. The molecule has 3 heterocycles. The number of nitrogens with zero attached hydrogens (tertiary/aromatic N) is 5. The molecular formula is C19H27N5O. The van der Waals surface area contributed by atoms with Crippen LogP contribution in [0.3, 0.4) is 0 Å². The Bertz CT molecular complexity index is 714. The molecule has 6 heteroatoms. The first-order chi connectivity index (χ1) is 12.3. The number of rotatable bonds is 4. The molecule has 1 aliphatic carbocycles. The number of aromatic nitrogens is 3. The van der Waals surface area contributed by atoms with Crippen molar-refractivity contribution in [3.63, 3.8) is 0 Å². The van der Waals surface area contributed by atoms with E-state index in [0.717, 1.165) is 45.1 Å². The van der Waals surface area contributed by atoms with Crippen molar-refractivity contribution in [1.29, 1.82) is 0 Å². The zero-order chi connectivity index (χ0) is 17.1. The third-order valence-corrected chi connectivity index (χ3v) is 5.35. The van der Waals surface area contributed by atoms with Gasteiger partial charge in [-0.05, 0) is 62.4 Å². The van der Waals surface area contributed by atoms with Gasteiger partial charge in [0, 0.05) is 32.8 Å². The van der Waals surface area contributed by atoms with Crippen LogP contribution in [0.2, 0.25) is 0 Å². The van der Waals surface area contributed by atoms with Crippen LogP contribution in [-0.2, 0) is 25.9 Å². The van der Waals surface area contributed by atoms with E-state index in [1.165, 1.54) is 48.9 Å². The Morgan fingerprint density at radius 3 is 2.60 bits per heavy atom. The Balaban J connectivity index is 1.37. The summed E-state index contributed by atoms with van der Waals surface area (Å²) < 4.78 is 5.08. The molecule has 134 valence electrons. The minimum absolute atomic E-state index is 0.645. The molecule has 2 aliphatic rings. The first-order valence-electron chi connectivity index (χ1n) is 9.47. The van der Waals surface area contributed by atoms with Gasteiger partial charge in [-0.3, -0.25) is 14.8 Å². The molecule has 0 unspecified atom stereocenters. The minimum Gasteiger partial charge on any atom is -0.340 e. The molecule has 2 aromatic heterocycles. The number of hydrogen-bond donors (Lipinski definition) is 0. The maximum Gasteiger partial charge on any atom is 0.223 e. The quantitative estimate of drug-likeness (QED) is 0.851. The lowest BCUT2D eigenvalue weighted by molar-refractivity contribution is 0.239. The fraction of sp³-hybridized carbons (Fsp3) is 0.632. The Kier molecular flexibility index (Phi) is 5.08. The zero-order valence-electron chi connectivity index (χ0n) is 15.1. The number of aryl methyl sites for hydroxylation is 2. The predicted molar refractivity (Wildman–Crippen MR) is 95.1 cm³/mol. The van der Waals surface area contributed by atoms with Gasteiger partial charge in [0.15, 0.2) is 5.82 Å². The van der Waals surface area contributed by atoms with Crippen molar-refractivity contribution in [3.05, 3.63) is 40.8 Å². The average Bonchev–Trinajstić information content (AvgIpc) is 2.91. The fourth-order valence-corrected chi connectivity index (χ4v) is 4.03. The van der Waals surface area contributed by atoms with Gasteiger partial charge in [0.2, 0.25) is 5.89 Å². The summed E-state index contributed by atoms with van der Waals surface area (Å²) in [6.07, 6.45) is 8.24. The van der Waals surface area contributed by atoms with Crippen molar-refractivity contribution >= 4 is 0 Å². The van der Waals surface area contributed by atoms with Crippen LogP contribution in [0, 0.1) is 6.92 Å². The van der Waals surface area contributed by atoms with Crippen LogP contribution in [0.4, 0.5) is 0 Å². The van der Waals surface area contributed by atoms with Gasteiger partial charge in [0.1, 0.15) is 0 Å². The first kappa shape index (κ1) is 16.7. The minimum atomic E-state index is 0.645. The van der Waals surface area contributed by atoms with E-state index >= 15 is 0 Å². The van der Waals surface area contributed by atoms with Crippen molar-refractivity contribution in [2.24, 2.45) is 0 Å². The topological polar surface area (TPSA) is 58.3 Å². The van der Waals surface area contributed by atoms with E-state index in [9.17, 15) is 0 Å². The van der Waals surface area contributed by atoms with E-state index in [1.54, 1.807) is 0 Å². The van der Waals surface area contributed by atoms with Crippen LogP contribution in [0.1, 0.15) is 47.8 Å². The van der Waals surface area contributed by atoms with Crippen molar-refractivity contribution < 1.29 is 4.52 Å². The summed E-state index contributed by atoms with van der Waals surface area (Å²) in [4.78, 5) is 14.0. The Labute approximate surface area is 149 Å². The zero-order valence-corrected chi connectivity index (χ0v) is 15.1. The van der Waals surface area contributed by atoms with Gasteiger partial charge in [-0.1, -0.05) is 5.16 Å². The molecule has 1 aliphatic heterocycles. The molecule has 0 radical (unpaired) electrons. The summed E-state index contributed by atoms with van der Waals surface area (Å²) in [7, 11) is 0. The van der Waals surface area contributed by atoms with E-state index in [1.807, 2.05) is 13.1 Å². The second kappa shape index (κ2) is 7.62. The molecule has 0 atom stereocenters. The lowest BCUT2D eigenvalue weighted by Gasteiger charge is -2.24. The molecule has 4 rings (SSSR count). The van der Waals surface area contributed by atoms with Gasteiger partial charge < -0.3 is 4.52 Å². The molecule has 0 aromatic carbocycles. The second-order valence-electron chi connectivity index (χ2n) is 7.24. The van der Waals surface area contributed by atoms with Crippen molar-refractivity contribution in [2.45, 2.75) is 52.1 Å². The normalized spacial score (nSPS) is 19.6. The number of hydrogen-bond acceptors (Lipinski definition) is 6. The third-order valence-electron chi connectivity index (χ3n) is 5.35. The molecule has 2 aromatic rings. The van der Waals surface area contributed by atoms with E-state index in [-0.39, 0.29) is 0 Å². The molecule has 6 nitrogen and oxygen atoms in total. The molecule has 0 amide bonds. The van der Waals surface area contributed by atoms with E-state index in [2.05, 4.69) is 26.0 Å².